The molecule has 3 N–H and O–H groups in total. The molecule has 38 heavy (non-hydrogen) atoms. The maximum absolute atomic E-state index is 15.4. The summed E-state index contributed by atoms with van der Waals surface area (Å²) in [4.78, 5) is 25.7. The van der Waals surface area contributed by atoms with Crippen molar-refractivity contribution in [1.82, 2.24) is 9.97 Å². The molecular weight excluding hydrogens is 491 g/mol. The molecule has 0 saturated heterocycles. The molecule has 11 heteroatoms. The number of nitriles is 1. The number of aliphatic imine (C=N–C) groups is 1. The van der Waals surface area contributed by atoms with E-state index >= 15 is 4.39 Å². The highest BCUT2D eigenvalue weighted by atomic mass is 19.1. The first-order chi connectivity index (χ1) is 18.5. The van der Waals surface area contributed by atoms with E-state index in [0.29, 0.717) is 59.9 Å². The van der Waals surface area contributed by atoms with Crippen LogP contribution in [0.4, 0.5) is 10.1 Å². The van der Waals surface area contributed by atoms with Gasteiger partial charge in [-0.1, -0.05) is 6.08 Å². The molecule has 6 rings (SSSR count). The molecule has 0 radical (unpaired) electrons. The van der Waals surface area contributed by atoms with Crippen molar-refractivity contribution in [3.05, 3.63) is 82.7 Å². The van der Waals surface area contributed by atoms with Crippen molar-refractivity contribution in [2.75, 3.05) is 25.1 Å². The Morgan fingerprint density at radius 2 is 2.08 bits per heavy atom. The SMILES string of the molecule is N#Cc1ccc(C(=O)Nc2ccc3c(c2)[C@@]2(CCOC(N)=N2)c2cc(C4=CCOCC4)nc(F)c2O3)nc1. The van der Waals surface area contributed by atoms with Crippen LogP contribution < -0.4 is 15.8 Å². The molecule has 2 aromatic heterocycles. The molecule has 190 valence electrons. The number of carbonyl (C=O) groups excluding carboxylic acids is 1. The van der Waals surface area contributed by atoms with Crippen LogP contribution in [0.1, 0.15) is 45.7 Å². The van der Waals surface area contributed by atoms with Gasteiger partial charge in [-0.15, -0.1) is 0 Å². The summed E-state index contributed by atoms with van der Waals surface area (Å²) in [6.07, 6.45) is 4.17. The molecule has 3 aromatic rings. The molecular formula is C27H21FN6O4. The van der Waals surface area contributed by atoms with E-state index < -0.39 is 17.4 Å². The lowest BCUT2D eigenvalue weighted by Crippen LogP contribution is -2.39. The van der Waals surface area contributed by atoms with E-state index in [1.54, 1.807) is 24.3 Å². The Kier molecular flexibility index (Phi) is 5.73. The second kappa shape index (κ2) is 9.24. The Hall–Kier alpha value is -4.82. The third-order valence-corrected chi connectivity index (χ3v) is 6.70. The van der Waals surface area contributed by atoms with Crippen LogP contribution in [0, 0.1) is 17.3 Å². The fourth-order valence-electron chi connectivity index (χ4n) is 4.86. The van der Waals surface area contributed by atoms with Gasteiger partial charge in [-0.05, 0) is 48.4 Å². The number of fused-ring (bicyclic) bond motifs is 4. The van der Waals surface area contributed by atoms with Gasteiger partial charge in [-0.2, -0.15) is 9.65 Å². The van der Waals surface area contributed by atoms with Crippen molar-refractivity contribution in [1.29, 1.82) is 5.26 Å². The maximum atomic E-state index is 15.4. The van der Waals surface area contributed by atoms with Gasteiger partial charge in [0.05, 0.1) is 31.1 Å². The number of nitrogens with zero attached hydrogens (tertiary/aromatic N) is 4. The number of pyridine rings is 2. The average molecular weight is 513 g/mol. The number of amidine groups is 1. The first-order valence-corrected chi connectivity index (χ1v) is 11.9. The molecule has 3 aliphatic heterocycles. The summed E-state index contributed by atoms with van der Waals surface area (Å²) in [5.74, 6) is -0.867. The number of anilines is 1. The Labute approximate surface area is 216 Å². The topological polar surface area (TPSA) is 145 Å². The number of nitrogens with one attached hydrogen (secondary N) is 1. The summed E-state index contributed by atoms with van der Waals surface area (Å²) in [5, 5.41) is 11.8. The zero-order valence-electron chi connectivity index (χ0n) is 20.0. The molecule has 0 unspecified atom stereocenters. The van der Waals surface area contributed by atoms with Gasteiger partial charge in [-0.3, -0.25) is 4.79 Å². The fraction of sp³-hybridized carbons (Fsp3) is 0.222. The number of carbonyl (C=O) groups is 1. The van der Waals surface area contributed by atoms with Crippen molar-refractivity contribution in [2.45, 2.75) is 18.4 Å². The summed E-state index contributed by atoms with van der Waals surface area (Å²) < 4.78 is 32.2. The molecule has 0 bridgehead atoms. The Morgan fingerprint density at radius 1 is 1.18 bits per heavy atom. The van der Waals surface area contributed by atoms with Gasteiger partial charge in [0.15, 0.2) is 5.75 Å². The average Bonchev–Trinajstić information content (AvgIpc) is 2.94. The number of benzene rings is 1. The van der Waals surface area contributed by atoms with Crippen LogP contribution in [-0.2, 0) is 15.0 Å². The van der Waals surface area contributed by atoms with Gasteiger partial charge in [0.2, 0.25) is 0 Å². The third-order valence-electron chi connectivity index (χ3n) is 6.70. The Balaban J connectivity index is 1.44. The third kappa shape index (κ3) is 4.01. The van der Waals surface area contributed by atoms with E-state index in [9.17, 15) is 4.79 Å². The zero-order chi connectivity index (χ0) is 26.3. The van der Waals surface area contributed by atoms with E-state index in [0.717, 1.165) is 5.57 Å². The molecule has 3 aliphatic rings. The zero-order valence-corrected chi connectivity index (χ0v) is 20.0. The molecule has 1 amide bonds. The highest BCUT2D eigenvalue weighted by Crippen LogP contribution is 2.53. The van der Waals surface area contributed by atoms with Gasteiger partial charge in [0, 0.05) is 29.4 Å². The molecule has 5 heterocycles. The summed E-state index contributed by atoms with van der Waals surface area (Å²) in [7, 11) is 0. The summed E-state index contributed by atoms with van der Waals surface area (Å²) in [5.41, 5.74) is 8.29. The molecule has 0 fully saturated rings. The quantitative estimate of drug-likeness (QED) is 0.506. The minimum atomic E-state index is -1.12. The normalized spacial score (nSPS) is 19.6. The highest BCUT2D eigenvalue weighted by molar-refractivity contribution is 6.03. The van der Waals surface area contributed by atoms with Crippen LogP contribution in [0.15, 0.2) is 53.7 Å². The summed E-state index contributed by atoms with van der Waals surface area (Å²) >= 11 is 0. The van der Waals surface area contributed by atoms with Crippen LogP contribution in [-0.4, -0.2) is 41.7 Å². The number of ether oxygens (including phenoxy) is 3. The highest BCUT2D eigenvalue weighted by Gasteiger charge is 2.46. The number of rotatable bonds is 3. The molecule has 1 atom stereocenters. The first kappa shape index (κ1) is 23.6. The van der Waals surface area contributed by atoms with Crippen molar-refractivity contribution in [3.8, 4) is 17.6 Å². The second-order valence-electron chi connectivity index (χ2n) is 8.95. The standard InChI is InChI=1S/C27H21FN6O4/c28-24-23-19(12-21(33-24)16-5-8-36-9-6-16)27(7-10-37-26(30)34-27)18-11-17(2-4-22(18)38-23)32-25(35)20-3-1-15(13-29)14-31-20/h1-5,11-12,14H,6-10H2,(H2,30,34)(H,32,35)/t27-/m0/s1. The molecule has 0 aliphatic carbocycles. The number of hydrogen-bond acceptors (Lipinski definition) is 9. The minimum Gasteiger partial charge on any atom is -0.465 e. The summed E-state index contributed by atoms with van der Waals surface area (Å²) in [6.45, 7) is 1.19. The van der Waals surface area contributed by atoms with Gasteiger partial charge < -0.3 is 25.3 Å². The largest absolute Gasteiger partial charge is 0.465 e. The lowest BCUT2D eigenvalue weighted by Gasteiger charge is -2.39. The molecule has 1 aromatic carbocycles. The number of nitrogens with two attached hydrogens (primary N) is 1. The van der Waals surface area contributed by atoms with Crippen LogP contribution in [0.2, 0.25) is 0 Å². The lowest BCUT2D eigenvalue weighted by atomic mass is 9.77. The van der Waals surface area contributed by atoms with Crippen molar-refractivity contribution in [3.63, 3.8) is 0 Å². The monoisotopic (exact) mass is 512 g/mol. The Morgan fingerprint density at radius 3 is 2.82 bits per heavy atom. The van der Waals surface area contributed by atoms with Gasteiger partial charge in [0.25, 0.3) is 17.9 Å². The minimum absolute atomic E-state index is 0.0223. The van der Waals surface area contributed by atoms with Crippen molar-refractivity contribution in [2.24, 2.45) is 10.7 Å². The number of halogens is 1. The van der Waals surface area contributed by atoms with Crippen molar-refractivity contribution < 1.29 is 23.4 Å². The second-order valence-corrected chi connectivity index (χ2v) is 8.95. The van der Waals surface area contributed by atoms with E-state index in [1.807, 2.05) is 12.1 Å². The number of amides is 1. The summed E-state index contributed by atoms with van der Waals surface area (Å²) in [6, 6.07) is 11.7. The Bertz CT molecular complexity index is 1560. The van der Waals surface area contributed by atoms with Crippen LogP contribution in [0.25, 0.3) is 5.57 Å². The fourth-order valence-corrected chi connectivity index (χ4v) is 4.86. The predicted octanol–water partition coefficient (Wildman–Crippen LogP) is 3.63. The first-order valence-electron chi connectivity index (χ1n) is 11.9. The number of hydrogen-bond donors (Lipinski definition) is 2. The number of aromatic nitrogens is 2. The van der Waals surface area contributed by atoms with Gasteiger partial charge in [0.1, 0.15) is 23.1 Å². The van der Waals surface area contributed by atoms with Crippen LogP contribution in [0.5, 0.6) is 11.5 Å². The van der Waals surface area contributed by atoms with E-state index in [-0.39, 0.29) is 24.1 Å². The van der Waals surface area contributed by atoms with Crippen LogP contribution in [0.3, 0.4) is 0 Å². The van der Waals surface area contributed by atoms with Gasteiger partial charge in [-0.25, -0.2) is 15.0 Å². The smallest absolute Gasteiger partial charge is 0.283 e. The molecule has 0 saturated carbocycles. The lowest BCUT2D eigenvalue weighted by molar-refractivity contribution is 0.102. The van der Waals surface area contributed by atoms with Gasteiger partial charge >= 0.3 is 0 Å². The maximum Gasteiger partial charge on any atom is 0.283 e. The predicted molar refractivity (Wildman–Crippen MR) is 134 cm³/mol. The molecule has 10 nitrogen and oxygen atoms in total. The van der Waals surface area contributed by atoms with E-state index in [1.165, 1.54) is 18.3 Å². The van der Waals surface area contributed by atoms with Crippen LogP contribution >= 0.6 is 0 Å². The van der Waals surface area contributed by atoms with Crippen molar-refractivity contribution >= 4 is 23.2 Å². The van der Waals surface area contributed by atoms with E-state index in [2.05, 4.69) is 20.3 Å². The molecule has 1 spiro atoms. The van der Waals surface area contributed by atoms with E-state index in [4.69, 9.17) is 25.2 Å².